The molecule has 0 bridgehead atoms. The van der Waals surface area contributed by atoms with E-state index in [1.54, 1.807) is 6.07 Å². The lowest BCUT2D eigenvalue weighted by molar-refractivity contribution is -0.141. The molecule has 1 saturated heterocycles. The normalized spacial score (nSPS) is 20.8. The minimum Gasteiger partial charge on any atom is -0.481 e. The zero-order chi connectivity index (χ0) is 11.5. The van der Waals surface area contributed by atoms with Crippen LogP contribution in [0.15, 0.2) is 18.3 Å². The molecule has 16 heavy (non-hydrogen) atoms. The van der Waals surface area contributed by atoms with Crippen molar-refractivity contribution in [1.82, 2.24) is 4.98 Å². The van der Waals surface area contributed by atoms with Crippen LogP contribution < -0.4 is 4.90 Å². The number of piperidine rings is 1. The van der Waals surface area contributed by atoms with Crippen molar-refractivity contribution in [2.45, 2.75) is 12.8 Å². The summed E-state index contributed by atoms with van der Waals surface area (Å²) in [5.41, 5.74) is 0.707. The van der Waals surface area contributed by atoms with Gasteiger partial charge in [-0.3, -0.25) is 4.79 Å². The highest BCUT2D eigenvalue weighted by molar-refractivity contribution is 5.71. The lowest BCUT2D eigenvalue weighted by atomic mass is 9.98. The molecule has 0 unspecified atom stereocenters. The molecule has 1 aliphatic heterocycles. The average molecular weight is 224 g/mol. The first-order valence-electron chi connectivity index (χ1n) is 5.26. The average Bonchev–Trinajstić information content (AvgIpc) is 2.29. The van der Waals surface area contributed by atoms with Gasteiger partial charge in [0.15, 0.2) is 0 Å². The van der Waals surface area contributed by atoms with E-state index in [0.717, 1.165) is 13.0 Å². The number of rotatable bonds is 2. The largest absolute Gasteiger partial charge is 0.481 e. The highest BCUT2D eigenvalue weighted by Gasteiger charge is 2.25. The first-order valence-corrected chi connectivity index (χ1v) is 5.26. The molecule has 0 amide bonds. The lowest BCUT2D eigenvalue weighted by Crippen LogP contribution is -2.38. The lowest BCUT2D eigenvalue weighted by Gasteiger charge is -2.32. The molecule has 86 valence electrons. The van der Waals surface area contributed by atoms with Crippen molar-refractivity contribution >= 4 is 11.7 Å². The van der Waals surface area contributed by atoms with Gasteiger partial charge in [0, 0.05) is 31.0 Å². The van der Waals surface area contributed by atoms with E-state index < -0.39 is 11.9 Å². The highest BCUT2D eigenvalue weighted by atomic mass is 19.1. The number of carbonyl (C=O) groups is 1. The van der Waals surface area contributed by atoms with E-state index in [-0.39, 0.29) is 5.92 Å². The minimum atomic E-state index is -0.778. The molecule has 0 saturated carbocycles. The summed E-state index contributed by atoms with van der Waals surface area (Å²) in [5, 5.41) is 8.94. The fourth-order valence-electron chi connectivity index (χ4n) is 2.00. The molecule has 0 aromatic carbocycles. The Hall–Kier alpha value is -1.65. The number of aliphatic carboxylic acids is 1. The highest BCUT2D eigenvalue weighted by Crippen LogP contribution is 2.23. The van der Waals surface area contributed by atoms with Gasteiger partial charge in [0.1, 0.15) is 0 Å². The number of pyridine rings is 1. The second kappa shape index (κ2) is 4.47. The Morgan fingerprint density at radius 2 is 2.44 bits per heavy atom. The van der Waals surface area contributed by atoms with Crippen LogP contribution in [0.3, 0.4) is 0 Å². The van der Waals surface area contributed by atoms with Crippen LogP contribution in [0.4, 0.5) is 10.1 Å². The van der Waals surface area contributed by atoms with Gasteiger partial charge in [-0.15, -0.1) is 0 Å². The van der Waals surface area contributed by atoms with Gasteiger partial charge in [0.2, 0.25) is 5.95 Å². The number of carboxylic acids is 1. The predicted molar refractivity (Wildman–Crippen MR) is 56.8 cm³/mol. The maximum atomic E-state index is 12.9. The van der Waals surface area contributed by atoms with Gasteiger partial charge < -0.3 is 10.0 Å². The van der Waals surface area contributed by atoms with Gasteiger partial charge in [-0.1, -0.05) is 0 Å². The predicted octanol–water partition coefficient (Wildman–Crippen LogP) is 1.52. The summed E-state index contributed by atoms with van der Waals surface area (Å²) in [6.45, 7) is 1.21. The molecule has 1 aliphatic rings. The van der Waals surface area contributed by atoms with Crippen LogP contribution in [0, 0.1) is 11.9 Å². The Balaban J connectivity index is 2.12. The first-order chi connectivity index (χ1) is 7.66. The topological polar surface area (TPSA) is 53.4 Å². The summed E-state index contributed by atoms with van der Waals surface area (Å²) >= 11 is 0. The number of hydrogen-bond acceptors (Lipinski definition) is 3. The van der Waals surface area contributed by atoms with Gasteiger partial charge >= 0.3 is 5.97 Å². The standard InChI is InChI=1S/C11H13FN2O2/c12-10-6-9(3-4-13-10)14-5-1-2-8(7-14)11(15)16/h3-4,6,8H,1-2,5,7H2,(H,15,16)/t8-/m0/s1. The third-order valence-electron chi connectivity index (χ3n) is 2.85. The molecule has 4 nitrogen and oxygen atoms in total. The zero-order valence-corrected chi connectivity index (χ0v) is 8.77. The van der Waals surface area contributed by atoms with Crippen LogP contribution in [-0.2, 0) is 4.79 Å². The Morgan fingerprint density at radius 1 is 1.62 bits per heavy atom. The SMILES string of the molecule is O=C(O)[C@H]1CCCN(c2ccnc(F)c2)C1. The molecule has 0 radical (unpaired) electrons. The third kappa shape index (κ3) is 2.29. The zero-order valence-electron chi connectivity index (χ0n) is 8.77. The van der Waals surface area contributed by atoms with E-state index in [1.165, 1.54) is 12.3 Å². The van der Waals surface area contributed by atoms with Crippen LogP contribution >= 0.6 is 0 Å². The molecule has 2 heterocycles. The van der Waals surface area contributed by atoms with E-state index in [1.807, 2.05) is 4.90 Å². The molecule has 1 aromatic heterocycles. The van der Waals surface area contributed by atoms with E-state index >= 15 is 0 Å². The van der Waals surface area contributed by atoms with Crippen molar-refractivity contribution in [3.05, 3.63) is 24.3 Å². The third-order valence-corrected chi connectivity index (χ3v) is 2.85. The molecular weight excluding hydrogens is 211 g/mol. The van der Waals surface area contributed by atoms with Crippen LogP contribution in [0.25, 0.3) is 0 Å². The summed E-state index contributed by atoms with van der Waals surface area (Å²) < 4.78 is 12.9. The van der Waals surface area contributed by atoms with Gasteiger partial charge in [0.25, 0.3) is 0 Å². The summed E-state index contributed by atoms with van der Waals surface area (Å²) in [6, 6.07) is 3.04. The minimum absolute atomic E-state index is 0.357. The first kappa shape index (κ1) is 10.9. The number of aromatic nitrogens is 1. The molecule has 0 spiro atoms. The summed E-state index contributed by atoms with van der Waals surface area (Å²) in [7, 11) is 0. The summed E-state index contributed by atoms with van der Waals surface area (Å²) in [6.07, 6.45) is 2.91. The number of halogens is 1. The Labute approximate surface area is 92.7 Å². The number of hydrogen-bond donors (Lipinski definition) is 1. The van der Waals surface area contributed by atoms with Crippen molar-refractivity contribution in [2.75, 3.05) is 18.0 Å². The van der Waals surface area contributed by atoms with E-state index in [4.69, 9.17) is 5.11 Å². The maximum Gasteiger partial charge on any atom is 0.308 e. The monoisotopic (exact) mass is 224 g/mol. The molecule has 1 N–H and O–H groups in total. The van der Waals surface area contributed by atoms with Gasteiger partial charge in [-0.2, -0.15) is 4.39 Å². The van der Waals surface area contributed by atoms with E-state index in [0.29, 0.717) is 18.7 Å². The molecule has 0 aliphatic carbocycles. The fourth-order valence-corrected chi connectivity index (χ4v) is 2.00. The van der Waals surface area contributed by atoms with Crippen molar-refractivity contribution in [1.29, 1.82) is 0 Å². The maximum absolute atomic E-state index is 12.9. The molecule has 2 rings (SSSR count). The smallest absolute Gasteiger partial charge is 0.308 e. The summed E-state index contributed by atoms with van der Waals surface area (Å²) in [4.78, 5) is 16.3. The Morgan fingerprint density at radius 3 is 3.12 bits per heavy atom. The van der Waals surface area contributed by atoms with Crippen LogP contribution in [0.5, 0.6) is 0 Å². The van der Waals surface area contributed by atoms with E-state index in [2.05, 4.69) is 4.98 Å². The Bertz CT molecular complexity index is 397. The van der Waals surface area contributed by atoms with E-state index in [9.17, 15) is 9.18 Å². The van der Waals surface area contributed by atoms with Crippen LogP contribution in [0.1, 0.15) is 12.8 Å². The number of carboxylic acid groups (broad SMARTS) is 1. The molecular formula is C11H13FN2O2. The van der Waals surface area contributed by atoms with Crippen molar-refractivity contribution in [3.63, 3.8) is 0 Å². The quantitative estimate of drug-likeness (QED) is 0.774. The van der Waals surface area contributed by atoms with Gasteiger partial charge in [0.05, 0.1) is 5.92 Å². The molecule has 1 atom stereocenters. The summed E-state index contributed by atoms with van der Waals surface area (Å²) in [5.74, 6) is -1.67. The molecule has 1 fully saturated rings. The van der Waals surface area contributed by atoms with Crippen LogP contribution in [0.2, 0.25) is 0 Å². The molecule has 1 aromatic rings. The number of nitrogens with zero attached hydrogens (tertiary/aromatic N) is 2. The Kier molecular flexibility index (Phi) is 3.03. The second-order valence-electron chi connectivity index (χ2n) is 3.96. The number of anilines is 1. The van der Waals surface area contributed by atoms with Crippen molar-refractivity contribution in [3.8, 4) is 0 Å². The fraction of sp³-hybridized carbons (Fsp3) is 0.455. The molecule has 5 heteroatoms. The van der Waals surface area contributed by atoms with Crippen molar-refractivity contribution in [2.24, 2.45) is 5.92 Å². The van der Waals surface area contributed by atoms with Crippen LogP contribution in [-0.4, -0.2) is 29.1 Å². The van der Waals surface area contributed by atoms with Crippen molar-refractivity contribution < 1.29 is 14.3 Å². The van der Waals surface area contributed by atoms with Gasteiger partial charge in [-0.05, 0) is 18.9 Å². The second-order valence-corrected chi connectivity index (χ2v) is 3.96. The van der Waals surface area contributed by atoms with Gasteiger partial charge in [-0.25, -0.2) is 4.98 Å².